The Balaban J connectivity index is 2.09. The predicted molar refractivity (Wildman–Crippen MR) is 67.4 cm³/mol. The minimum absolute atomic E-state index is 0.172. The third-order valence-corrected chi connectivity index (χ3v) is 4.14. The maximum atomic E-state index is 5.88. The average Bonchev–Trinajstić information content (AvgIpc) is 2.85. The third-order valence-electron chi connectivity index (χ3n) is 2.18. The lowest BCUT2D eigenvalue weighted by Gasteiger charge is -2.12. The van der Waals surface area contributed by atoms with Crippen molar-refractivity contribution in [1.82, 2.24) is 5.43 Å². The number of rotatable bonds is 4. The summed E-state index contributed by atoms with van der Waals surface area (Å²) in [6.07, 6.45) is 0.880. The average molecular weight is 259 g/mol. The van der Waals surface area contributed by atoms with Gasteiger partial charge in [-0.1, -0.05) is 11.6 Å². The van der Waals surface area contributed by atoms with E-state index < -0.39 is 0 Å². The van der Waals surface area contributed by atoms with Gasteiger partial charge >= 0.3 is 0 Å². The highest BCUT2D eigenvalue weighted by Gasteiger charge is 2.11. The van der Waals surface area contributed by atoms with E-state index in [1.165, 1.54) is 10.4 Å². The lowest BCUT2D eigenvalue weighted by molar-refractivity contribution is 0.557. The van der Waals surface area contributed by atoms with Crippen LogP contribution in [0.1, 0.15) is 16.5 Å². The summed E-state index contributed by atoms with van der Waals surface area (Å²) in [6.45, 7) is 0. The minimum Gasteiger partial charge on any atom is -0.271 e. The van der Waals surface area contributed by atoms with Gasteiger partial charge in [0.2, 0.25) is 0 Å². The Morgan fingerprint density at radius 1 is 1.40 bits per heavy atom. The van der Waals surface area contributed by atoms with Crippen molar-refractivity contribution in [3.63, 3.8) is 0 Å². The molecule has 0 aliphatic carbocycles. The Bertz CT molecular complexity index is 411. The highest BCUT2D eigenvalue weighted by molar-refractivity contribution is 7.16. The maximum Gasteiger partial charge on any atom is 0.0931 e. The van der Waals surface area contributed by atoms with E-state index in [2.05, 4.69) is 22.3 Å². The zero-order valence-corrected chi connectivity index (χ0v) is 10.3. The lowest BCUT2D eigenvalue weighted by atomic mass is 10.1. The molecule has 0 radical (unpaired) electrons. The van der Waals surface area contributed by atoms with Crippen molar-refractivity contribution < 1.29 is 0 Å². The van der Waals surface area contributed by atoms with Crippen LogP contribution in [0.4, 0.5) is 0 Å². The molecule has 0 aromatic carbocycles. The highest BCUT2D eigenvalue weighted by atomic mass is 35.5. The molecule has 80 valence electrons. The van der Waals surface area contributed by atoms with Crippen LogP contribution < -0.4 is 11.3 Å². The van der Waals surface area contributed by atoms with E-state index in [1.807, 2.05) is 12.1 Å². The molecule has 3 N–H and O–H groups in total. The van der Waals surface area contributed by atoms with E-state index in [9.17, 15) is 0 Å². The van der Waals surface area contributed by atoms with Gasteiger partial charge in [-0.15, -0.1) is 11.3 Å². The van der Waals surface area contributed by atoms with Crippen molar-refractivity contribution in [2.75, 3.05) is 0 Å². The zero-order chi connectivity index (χ0) is 10.7. The fourth-order valence-corrected chi connectivity index (χ4v) is 3.26. The summed E-state index contributed by atoms with van der Waals surface area (Å²) in [4.78, 5) is 1.24. The van der Waals surface area contributed by atoms with Crippen LogP contribution in [0.15, 0.2) is 29.0 Å². The van der Waals surface area contributed by atoms with Gasteiger partial charge in [0.15, 0.2) is 0 Å². The molecule has 0 saturated heterocycles. The Morgan fingerprint density at radius 3 is 2.80 bits per heavy atom. The zero-order valence-electron chi connectivity index (χ0n) is 7.94. The van der Waals surface area contributed by atoms with Crippen molar-refractivity contribution in [2.45, 2.75) is 12.5 Å². The summed E-state index contributed by atoms with van der Waals surface area (Å²) in [7, 11) is 0. The molecule has 0 aliphatic heterocycles. The molecule has 0 aliphatic rings. The normalized spacial score (nSPS) is 12.9. The van der Waals surface area contributed by atoms with E-state index in [0.717, 1.165) is 10.8 Å². The maximum absolute atomic E-state index is 5.88. The second kappa shape index (κ2) is 5.09. The van der Waals surface area contributed by atoms with Gasteiger partial charge < -0.3 is 0 Å². The van der Waals surface area contributed by atoms with Crippen LogP contribution in [0.3, 0.4) is 0 Å². The topological polar surface area (TPSA) is 38.0 Å². The number of hydrazine groups is 1. The fourth-order valence-electron chi connectivity index (χ4n) is 1.41. The predicted octanol–water partition coefficient (Wildman–Crippen LogP) is 3.21. The smallest absolute Gasteiger partial charge is 0.0931 e. The molecule has 1 unspecified atom stereocenters. The standard InChI is InChI=1S/C10H11ClN2S2/c11-10-2-1-8(15-10)5-9(13-12)7-3-4-14-6-7/h1-4,6,9,13H,5,12H2. The van der Waals surface area contributed by atoms with Gasteiger partial charge in [0.1, 0.15) is 0 Å². The van der Waals surface area contributed by atoms with E-state index in [-0.39, 0.29) is 6.04 Å². The molecule has 2 nitrogen and oxygen atoms in total. The van der Waals surface area contributed by atoms with E-state index in [4.69, 9.17) is 17.4 Å². The molecular weight excluding hydrogens is 248 g/mol. The third kappa shape index (κ3) is 2.80. The van der Waals surface area contributed by atoms with Crippen LogP contribution in [-0.2, 0) is 6.42 Å². The minimum atomic E-state index is 0.172. The SMILES string of the molecule is NNC(Cc1ccc(Cl)s1)c1ccsc1. The van der Waals surface area contributed by atoms with Crippen LogP contribution >= 0.6 is 34.3 Å². The van der Waals surface area contributed by atoms with Gasteiger partial charge in [-0.2, -0.15) is 11.3 Å². The Labute approximate surface area is 102 Å². The lowest BCUT2D eigenvalue weighted by Crippen LogP contribution is -2.29. The number of nitrogens with two attached hydrogens (primary N) is 1. The van der Waals surface area contributed by atoms with Gasteiger partial charge in [-0.3, -0.25) is 11.3 Å². The number of nitrogens with one attached hydrogen (secondary N) is 1. The summed E-state index contributed by atoms with van der Waals surface area (Å²) in [6, 6.07) is 6.22. The van der Waals surface area contributed by atoms with Crippen LogP contribution in [0, 0.1) is 0 Å². The molecule has 2 aromatic rings. The van der Waals surface area contributed by atoms with Gasteiger partial charge in [-0.25, -0.2) is 0 Å². The molecule has 2 aromatic heterocycles. The van der Waals surface area contributed by atoms with Crippen molar-refractivity contribution >= 4 is 34.3 Å². The fraction of sp³-hybridized carbons (Fsp3) is 0.200. The van der Waals surface area contributed by atoms with Crippen LogP contribution in [0.2, 0.25) is 4.34 Å². The highest BCUT2D eigenvalue weighted by Crippen LogP contribution is 2.26. The molecule has 0 saturated carbocycles. The number of hydrogen-bond donors (Lipinski definition) is 2. The molecule has 1 atom stereocenters. The van der Waals surface area contributed by atoms with Crippen molar-refractivity contribution in [3.05, 3.63) is 43.7 Å². The Morgan fingerprint density at radius 2 is 2.27 bits per heavy atom. The Kier molecular flexibility index (Phi) is 3.77. The first kappa shape index (κ1) is 11.1. The molecule has 0 fully saturated rings. The molecule has 2 heterocycles. The van der Waals surface area contributed by atoms with E-state index in [1.54, 1.807) is 22.7 Å². The second-order valence-electron chi connectivity index (χ2n) is 3.19. The molecule has 0 amide bonds. The van der Waals surface area contributed by atoms with Gasteiger partial charge in [0.25, 0.3) is 0 Å². The molecular formula is C10H11ClN2S2. The molecule has 15 heavy (non-hydrogen) atoms. The van der Waals surface area contributed by atoms with Crippen molar-refractivity contribution in [2.24, 2.45) is 5.84 Å². The van der Waals surface area contributed by atoms with Crippen LogP contribution in [0.5, 0.6) is 0 Å². The summed E-state index contributed by atoms with van der Waals surface area (Å²) in [5.41, 5.74) is 4.06. The van der Waals surface area contributed by atoms with Crippen LogP contribution in [-0.4, -0.2) is 0 Å². The first-order valence-corrected chi connectivity index (χ1v) is 6.66. The summed E-state index contributed by atoms with van der Waals surface area (Å²) in [5.74, 6) is 5.54. The molecule has 0 spiro atoms. The summed E-state index contributed by atoms with van der Waals surface area (Å²) >= 11 is 9.16. The first-order valence-electron chi connectivity index (χ1n) is 4.52. The van der Waals surface area contributed by atoms with Crippen molar-refractivity contribution in [3.8, 4) is 0 Å². The summed E-state index contributed by atoms with van der Waals surface area (Å²) in [5, 5.41) is 4.17. The quantitative estimate of drug-likeness (QED) is 0.653. The molecule has 5 heteroatoms. The van der Waals surface area contributed by atoms with Crippen LogP contribution in [0.25, 0.3) is 0 Å². The van der Waals surface area contributed by atoms with Gasteiger partial charge in [-0.05, 0) is 34.5 Å². The molecule has 2 rings (SSSR count). The van der Waals surface area contributed by atoms with Crippen molar-refractivity contribution in [1.29, 1.82) is 0 Å². The number of thiophene rings is 2. The van der Waals surface area contributed by atoms with E-state index in [0.29, 0.717) is 0 Å². The first-order chi connectivity index (χ1) is 7.29. The van der Waals surface area contributed by atoms with Gasteiger partial charge in [0, 0.05) is 11.3 Å². The second-order valence-corrected chi connectivity index (χ2v) is 5.77. The number of hydrogen-bond acceptors (Lipinski definition) is 4. The molecule has 0 bridgehead atoms. The largest absolute Gasteiger partial charge is 0.271 e. The monoisotopic (exact) mass is 258 g/mol. The number of halogens is 1. The summed E-state index contributed by atoms with van der Waals surface area (Å²) < 4.78 is 0.825. The Hall–Kier alpha value is -0.390. The van der Waals surface area contributed by atoms with Gasteiger partial charge in [0.05, 0.1) is 10.4 Å². The van der Waals surface area contributed by atoms with E-state index >= 15 is 0 Å².